The Kier molecular flexibility index (Phi) is 13.3. The minimum absolute atomic E-state index is 0.551. The van der Waals surface area contributed by atoms with Crippen molar-refractivity contribution in [3.8, 4) is 83.9 Å². The Morgan fingerprint density at radius 3 is 0.870 bits per heavy atom. The molecule has 14 aromatic carbocycles. The van der Waals surface area contributed by atoms with E-state index in [0.717, 1.165) is 132 Å². The lowest BCUT2D eigenvalue weighted by atomic mass is 9.77. The summed E-state index contributed by atoms with van der Waals surface area (Å²) in [6.07, 6.45) is 0. The Labute approximate surface area is 583 Å². The van der Waals surface area contributed by atoms with Crippen LogP contribution < -0.4 is 0 Å². The molecule has 0 fully saturated rings. The Bertz CT molecular complexity index is 6490. The van der Waals surface area contributed by atoms with Gasteiger partial charge >= 0.3 is 0 Å². The van der Waals surface area contributed by atoms with Crippen LogP contribution >= 0.6 is 11.3 Å². The van der Waals surface area contributed by atoms with Crippen molar-refractivity contribution >= 4 is 109 Å². The second kappa shape index (κ2) is 22.6. The number of benzene rings is 14. The highest BCUT2D eigenvalue weighted by molar-refractivity contribution is 7.21. The van der Waals surface area contributed by atoms with Gasteiger partial charge in [-0.15, -0.1) is 11.3 Å². The number of para-hydroxylation sites is 2. The number of aromatic nitrogens is 5. The van der Waals surface area contributed by atoms with Crippen LogP contribution in [0.5, 0.6) is 0 Å². The molecule has 0 saturated heterocycles. The standard InChI is InChI=1S/C93H66N6S/c1-54-16-39-80-70(46-54)69-12-8-10-14-79(69)96(80)65-35-27-63(28-36-65)90-89(62-25-33-67(34-26-62)98-83-42-19-57(4)49-73(83)74-50-58(5)20-43-84(74)98)88(61-23-31-66(32-24-61)97-81-40-17-55(2)47-71(81)72-48-56(3)18-41-82(72)97)77(53-94)92(93-95-78-13-9-11-15-87(78)100-93)91(90)64-29-37-68(38-30-64)99-85-44-21-59(6)51-75(85)76-52-60(7)22-45-86(76)99/h8-52H,1-7H3. The minimum atomic E-state index is 0.551. The summed E-state index contributed by atoms with van der Waals surface area (Å²) in [5.41, 5.74) is 31.7. The number of hydrogen-bond acceptors (Lipinski definition) is 3. The van der Waals surface area contributed by atoms with E-state index < -0.39 is 0 Å². The summed E-state index contributed by atoms with van der Waals surface area (Å²) in [7, 11) is 0. The molecule has 0 atom stereocenters. The zero-order valence-corrected chi connectivity index (χ0v) is 57.4. The molecule has 19 rings (SSSR count). The number of fused-ring (bicyclic) bond motifs is 13. The monoisotopic (exact) mass is 1300 g/mol. The van der Waals surface area contributed by atoms with E-state index >= 15 is 0 Å². The summed E-state index contributed by atoms with van der Waals surface area (Å²) in [6.45, 7) is 15.2. The first-order valence-electron chi connectivity index (χ1n) is 34.4. The first kappa shape index (κ1) is 59.0. The molecular formula is C93H66N6S. The maximum atomic E-state index is 12.7. The van der Waals surface area contributed by atoms with Crippen molar-refractivity contribution < 1.29 is 0 Å². The third kappa shape index (κ3) is 9.18. The van der Waals surface area contributed by atoms with Crippen molar-refractivity contribution in [2.45, 2.75) is 48.5 Å². The van der Waals surface area contributed by atoms with Crippen LogP contribution in [0.3, 0.4) is 0 Å². The molecule has 7 heteroatoms. The van der Waals surface area contributed by atoms with Gasteiger partial charge in [-0.1, -0.05) is 160 Å². The average Bonchev–Trinajstić information content (AvgIpc) is 0.955. The predicted octanol–water partition coefficient (Wildman–Crippen LogP) is 25.1. The lowest BCUT2D eigenvalue weighted by Gasteiger charge is -2.26. The molecule has 0 spiro atoms. The first-order valence-corrected chi connectivity index (χ1v) is 35.2. The summed E-state index contributed by atoms with van der Waals surface area (Å²) < 4.78 is 10.6. The number of nitrogens with zero attached hydrogens (tertiary/aromatic N) is 6. The quantitative estimate of drug-likeness (QED) is 0.145. The van der Waals surface area contributed by atoms with Crippen LogP contribution in [0.2, 0.25) is 0 Å². The first-order chi connectivity index (χ1) is 48.9. The van der Waals surface area contributed by atoms with Crippen molar-refractivity contribution in [1.29, 1.82) is 5.26 Å². The van der Waals surface area contributed by atoms with Gasteiger partial charge in [0, 0.05) is 82.5 Å². The fourth-order valence-electron chi connectivity index (χ4n) is 16.3. The van der Waals surface area contributed by atoms with Crippen LogP contribution in [0.15, 0.2) is 273 Å². The summed E-state index contributed by atoms with van der Waals surface area (Å²) in [6, 6.07) is 104. The molecule has 5 heterocycles. The van der Waals surface area contributed by atoms with E-state index in [2.05, 4.69) is 346 Å². The molecule has 0 N–H and O–H groups in total. The van der Waals surface area contributed by atoms with E-state index in [1.54, 1.807) is 11.3 Å². The van der Waals surface area contributed by atoms with Gasteiger partial charge in [-0.05, 0) is 234 Å². The molecule has 0 saturated carbocycles. The van der Waals surface area contributed by atoms with Crippen LogP contribution in [-0.2, 0) is 0 Å². The van der Waals surface area contributed by atoms with Crippen molar-refractivity contribution in [3.63, 3.8) is 0 Å². The molecular weight excluding hydrogens is 1230 g/mol. The molecule has 474 valence electrons. The molecule has 0 aliphatic carbocycles. The fourth-order valence-corrected chi connectivity index (χ4v) is 17.3. The zero-order valence-electron chi connectivity index (χ0n) is 56.6. The van der Waals surface area contributed by atoms with E-state index in [9.17, 15) is 5.26 Å². The van der Waals surface area contributed by atoms with Crippen molar-refractivity contribution in [2.24, 2.45) is 0 Å². The summed E-state index contributed by atoms with van der Waals surface area (Å²) in [4.78, 5) is 5.57. The Morgan fingerprint density at radius 1 is 0.270 bits per heavy atom. The van der Waals surface area contributed by atoms with Gasteiger partial charge in [0.25, 0.3) is 0 Å². The summed E-state index contributed by atoms with van der Waals surface area (Å²) in [5, 5.41) is 23.2. The molecule has 0 aliphatic heterocycles. The van der Waals surface area contributed by atoms with Gasteiger partial charge in [0.1, 0.15) is 11.1 Å². The van der Waals surface area contributed by atoms with Gasteiger partial charge in [-0.25, -0.2) is 4.98 Å². The molecule has 0 amide bonds. The second-order valence-electron chi connectivity index (χ2n) is 27.5. The second-order valence-corrected chi connectivity index (χ2v) is 28.6. The predicted molar refractivity (Wildman–Crippen MR) is 422 cm³/mol. The highest BCUT2D eigenvalue weighted by Crippen LogP contribution is 2.55. The summed E-state index contributed by atoms with van der Waals surface area (Å²) in [5.74, 6) is 0. The van der Waals surface area contributed by atoms with Crippen LogP contribution in [0.25, 0.3) is 175 Å². The topological polar surface area (TPSA) is 56.4 Å². The normalized spacial score (nSPS) is 11.9. The van der Waals surface area contributed by atoms with E-state index in [4.69, 9.17) is 4.98 Å². The molecule has 0 unspecified atom stereocenters. The largest absolute Gasteiger partial charge is 0.309 e. The number of rotatable bonds is 9. The molecule has 19 aromatic rings. The van der Waals surface area contributed by atoms with Gasteiger partial charge in [0.15, 0.2) is 0 Å². The van der Waals surface area contributed by atoms with Crippen LogP contribution in [0, 0.1) is 59.8 Å². The third-order valence-corrected chi connectivity index (χ3v) is 21.9. The zero-order chi connectivity index (χ0) is 67.3. The van der Waals surface area contributed by atoms with Crippen molar-refractivity contribution in [3.05, 3.63) is 317 Å². The SMILES string of the molecule is Cc1ccc2c(c1)c1ccccc1n2-c1ccc(-c2c(-c3ccc(-n4c5ccc(C)cc5c5cc(C)ccc54)cc3)c(-c3ccc(-n4c5ccc(C)cc5c5cc(C)ccc54)cc3)c(C#N)c(-c3nc4ccccc4s3)c2-c2ccc(-n3c4ccc(C)cc4c4cc(C)ccc43)cc2)cc1. The Hall–Kier alpha value is -12.3. The molecule has 0 radical (unpaired) electrons. The molecule has 0 aliphatic rings. The molecule has 100 heavy (non-hydrogen) atoms. The third-order valence-electron chi connectivity index (χ3n) is 20.8. The van der Waals surface area contributed by atoms with Crippen LogP contribution in [-0.4, -0.2) is 23.3 Å². The highest BCUT2D eigenvalue weighted by atomic mass is 32.1. The van der Waals surface area contributed by atoms with E-state index in [0.29, 0.717) is 5.56 Å². The van der Waals surface area contributed by atoms with Crippen molar-refractivity contribution in [2.75, 3.05) is 0 Å². The molecule has 6 nitrogen and oxygen atoms in total. The maximum absolute atomic E-state index is 12.7. The van der Waals surface area contributed by atoms with Crippen LogP contribution in [0.4, 0.5) is 0 Å². The average molecular weight is 1300 g/mol. The number of nitriles is 1. The van der Waals surface area contributed by atoms with E-state index in [-0.39, 0.29) is 0 Å². The van der Waals surface area contributed by atoms with Gasteiger partial charge in [0.05, 0.1) is 59.9 Å². The highest BCUT2D eigenvalue weighted by Gasteiger charge is 2.31. The molecule has 0 bridgehead atoms. The Balaban J connectivity index is 0.922. The van der Waals surface area contributed by atoms with Gasteiger partial charge in [0.2, 0.25) is 0 Å². The number of hydrogen-bond donors (Lipinski definition) is 0. The van der Waals surface area contributed by atoms with Gasteiger partial charge in [-0.3, -0.25) is 0 Å². The number of thiazole rings is 1. The number of aryl methyl sites for hydroxylation is 7. The minimum Gasteiger partial charge on any atom is -0.309 e. The lowest BCUT2D eigenvalue weighted by Crippen LogP contribution is -2.03. The van der Waals surface area contributed by atoms with Crippen LogP contribution in [0.1, 0.15) is 44.5 Å². The summed E-state index contributed by atoms with van der Waals surface area (Å²) >= 11 is 1.64. The van der Waals surface area contributed by atoms with E-state index in [1.165, 1.54) is 82.0 Å². The van der Waals surface area contributed by atoms with Crippen molar-refractivity contribution in [1.82, 2.24) is 23.3 Å². The lowest BCUT2D eigenvalue weighted by molar-refractivity contribution is 1.18. The fraction of sp³-hybridized carbons (Fsp3) is 0.0753. The van der Waals surface area contributed by atoms with Gasteiger partial charge in [-0.2, -0.15) is 5.26 Å². The molecule has 5 aromatic heterocycles. The van der Waals surface area contributed by atoms with E-state index in [1.807, 2.05) is 0 Å². The smallest absolute Gasteiger partial charge is 0.126 e. The van der Waals surface area contributed by atoms with Gasteiger partial charge < -0.3 is 18.3 Å². The maximum Gasteiger partial charge on any atom is 0.126 e. The Morgan fingerprint density at radius 2 is 0.540 bits per heavy atom.